The van der Waals surface area contributed by atoms with Gasteiger partial charge in [0.2, 0.25) is 0 Å². The predicted octanol–water partition coefficient (Wildman–Crippen LogP) is 4.28. The minimum Gasteiger partial charge on any atom is -0.316 e. The molecule has 0 atom stereocenters. The normalized spacial score (nSPS) is 14.2. The van der Waals surface area contributed by atoms with Crippen molar-refractivity contribution in [2.24, 2.45) is 0 Å². The van der Waals surface area contributed by atoms with E-state index in [1.807, 2.05) is 48.5 Å². The number of hydrogen-bond acceptors (Lipinski definition) is 3. The molecule has 3 nitrogen and oxygen atoms in total. The zero-order valence-corrected chi connectivity index (χ0v) is 14.8. The number of piperidine rings is 1. The molecule has 0 bridgehead atoms. The Morgan fingerprint density at radius 3 is 1.40 bits per heavy atom. The van der Waals surface area contributed by atoms with Crippen LogP contribution in [0.4, 0.5) is 0 Å². The van der Waals surface area contributed by atoms with Crippen LogP contribution in [0.25, 0.3) is 5.57 Å². The van der Waals surface area contributed by atoms with Crippen molar-refractivity contribution < 1.29 is 9.59 Å². The van der Waals surface area contributed by atoms with E-state index in [2.05, 4.69) is 5.32 Å². The summed E-state index contributed by atoms with van der Waals surface area (Å²) in [5, 5.41) is 3.40. The molecule has 2 aromatic rings. The lowest BCUT2D eigenvalue weighted by Crippen LogP contribution is -2.23. The second-order valence-electron chi connectivity index (χ2n) is 6.50. The molecule has 25 heavy (non-hydrogen) atoms. The molecule has 1 aliphatic heterocycles. The zero-order valence-electron chi connectivity index (χ0n) is 14.8. The van der Waals surface area contributed by atoms with Crippen LogP contribution in [-0.4, -0.2) is 24.7 Å². The summed E-state index contributed by atoms with van der Waals surface area (Å²) >= 11 is 0. The van der Waals surface area contributed by atoms with E-state index in [-0.39, 0.29) is 11.6 Å². The number of benzene rings is 2. The molecule has 0 aliphatic carbocycles. The minimum absolute atomic E-state index is 0.0773. The number of carbonyl (C=O) groups is 2. The molecular formula is C22H23NO2. The molecule has 128 valence electrons. The third-order valence-electron chi connectivity index (χ3n) is 4.72. The van der Waals surface area contributed by atoms with Crippen molar-refractivity contribution >= 4 is 17.1 Å². The molecule has 1 N–H and O–H groups in total. The van der Waals surface area contributed by atoms with E-state index in [1.165, 1.54) is 11.1 Å². The SMILES string of the molecule is CC(=O)c1ccc(C(=C2CCNCC2)c2ccc(C(C)=O)cc2)cc1. The average Bonchev–Trinajstić information content (AvgIpc) is 2.64. The van der Waals surface area contributed by atoms with E-state index in [1.54, 1.807) is 13.8 Å². The molecule has 0 saturated carbocycles. The zero-order chi connectivity index (χ0) is 17.8. The minimum atomic E-state index is 0.0773. The number of Topliss-reactive ketones (excluding diaryl/α,β-unsaturated/α-hetero) is 2. The van der Waals surface area contributed by atoms with Crippen molar-refractivity contribution in [3.05, 3.63) is 76.4 Å². The van der Waals surface area contributed by atoms with Gasteiger partial charge in [-0.25, -0.2) is 0 Å². The van der Waals surface area contributed by atoms with Crippen LogP contribution in [-0.2, 0) is 0 Å². The topological polar surface area (TPSA) is 46.2 Å². The molecule has 1 heterocycles. The van der Waals surface area contributed by atoms with Gasteiger partial charge < -0.3 is 5.32 Å². The summed E-state index contributed by atoms with van der Waals surface area (Å²) in [5.74, 6) is 0.155. The highest BCUT2D eigenvalue weighted by Crippen LogP contribution is 2.31. The summed E-state index contributed by atoms with van der Waals surface area (Å²) in [7, 11) is 0. The maximum atomic E-state index is 11.5. The van der Waals surface area contributed by atoms with Crippen molar-refractivity contribution in [3.63, 3.8) is 0 Å². The molecule has 0 amide bonds. The fourth-order valence-electron chi connectivity index (χ4n) is 3.30. The van der Waals surface area contributed by atoms with Crippen molar-refractivity contribution in [1.29, 1.82) is 0 Å². The van der Waals surface area contributed by atoms with Crippen molar-refractivity contribution in [1.82, 2.24) is 5.32 Å². The van der Waals surface area contributed by atoms with Crippen molar-refractivity contribution in [3.8, 4) is 0 Å². The maximum absolute atomic E-state index is 11.5. The van der Waals surface area contributed by atoms with E-state index < -0.39 is 0 Å². The highest BCUT2D eigenvalue weighted by atomic mass is 16.1. The Morgan fingerprint density at radius 1 is 0.680 bits per heavy atom. The van der Waals surface area contributed by atoms with Crippen molar-refractivity contribution in [2.75, 3.05) is 13.1 Å². The second-order valence-corrected chi connectivity index (χ2v) is 6.50. The Bertz CT molecular complexity index is 747. The van der Waals surface area contributed by atoms with Gasteiger partial charge in [0.05, 0.1) is 0 Å². The first-order valence-corrected chi connectivity index (χ1v) is 8.72. The third kappa shape index (κ3) is 3.94. The summed E-state index contributed by atoms with van der Waals surface area (Å²) in [6, 6.07) is 15.7. The largest absolute Gasteiger partial charge is 0.316 e. The Morgan fingerprint density at radius 2 is 1.04 bits per heavy atom. The lowest BCUT2D eigenvalue weighted by molar-refractivity contribution is 0.100. The first-order chi connectivity index (χ1) is 12.1. The molecule has 0 radical (unpaired) electrons. The van der Waals surface area contributed by atoms with Gasteiger partial charge >= 0.3 is 0 Å². The second kappa shape index (κ2) is 7.58. The van der Waals surface area contributed by atoms with Crippen LogP contribution < -0.4 is 5.32 Å². The summed E-state index contributed by atoms with van der Waals surface area (Å²) < 4.78 is 0. The maximum Gasteiger partial charge on any atom is 0.159 e. The third-order valence-corrected chi connectivity index (χ3v) is 4.72. The van der Waals surface area contributed by atoms with Gasteiger partial charge in [0, 0.05) is 11.1 Å². The molecule has 1 aliphatic rings. The van der Waals surface area contributed by atoms with E-state index in [9.17, 15) is 9.59 Å². The van der Waals surface area contributed by atoms with Crippen molar-refractivity contribution in [2.45, 2.75) is 26.7 Å². The molecule has 0 unspecified atom stereocenters. The molecule has 0 aromatic heterocycles. The van der Waals surface area contributed by atoms with Gasteiger partial charge in [-0.3, -0.25) is 9.59 Å². The van der Waals surface area contributed by atoms with E-state index in [4.69, 9.17) is 0 Å². The Kier molecular flexibility index (Phi) is 5.25. The van der Waals surface area contributed by atoms with Gasteiger partial charge in [0.1, 0.15) is 0 Å². The number of ketones is 2. The van der Waals surface area contributed by atoms with Gasteiger partial charge in [-0.15, -0.1) is 0 Å². The van der Waals surface area contributed by atoms with Crippen LogP contribution in [0.2, 0.25) is 0 Å². The average molecular weight is 333 g/mol. The number of nitrogens with one attached hydrogen (secondary N) is 1. The van der Waals surface area contributed by atoms with E-state index in [0.717, 1.165) is 48.2 Å². The molecular weight excluding hydrogens is 310 g/mol. The Balaban J connectivity index is 2.06. The highest BCUT2D eigenvalue weighted by Gasteiger charge is 2.15. The van der Waals surface area contributed by atoms with Gasteiger partial charge in [0.15, 0.2) is 11.6 Å². The van der Waals surface area contributed by atoms with Crippen LogP contribution in [0, 0.1) is 0 Å². The monoisotopic (exact) mass is 333 g/mol. The smallest absolute Gasteiger partial charge is 0.159 e. The number of hydrogen-bond donors (Lipinski definition) is 1. The first kappa shape index (κ1) is 17.3. The summed E-state index contributed by atoms with van der Waals surface area (Å²) in [6.45, 7) is 5.13. The quantitative estimate of drug-likeness (QED) is 0.850. The van der Waals surface area contributed by atoms with Crippen LogP contribution in [0.3, 0.4) is 0 Å². The van der Waals surface area contributed by atoms with E-state index in [0.29, 0.717) is 0 Å². The van der Waals surface area contributed by atoms with Gasteiger partial charge in [0.25, 0.3) is 0 Å². The molecule has 3 rings (SSSR count). The first-order valence-electron chi connectivity index (χ1n) is 8.72. The molecule has 2 aromatic carbocycles. The van der Waals surface area contributed by atoms with Gasteiger partial charge in [-0.05, 0) is 56.5 Å². The number of rotatable bonds is 4. The molecule has 3 heteroatoms. The predicted molar refractivity (Wildman–Crippen MR) is 101 cm³/mol. The standard InChI is InChI=1S/C22H23NO2/c1-15(24)17-3-7-19(8-4-17)22(21-11-13-23-14-12-21)20-9-5-18(6-10-20)16(2)25/h3-10,23H,11-14H2,1-2H3. The number of carbonyl (C=O) groups excluding carboxylic acids is 2. The van der Waals surface area contributed by atoms with Gasteiger partial charge in [-0.1, -0.05) is 54.1 Å². The fraction of sp³-hybridized carbons (Fsp3) is 0.273. The van der Waals surface area contributed by atoms with E-state index >= 15 is 0 Å². The van der Waals surface area contributed by atoms with Crippen LogP contribution in [0.5, 0.6) is 0 Å². The summed E-state index contributed by atoms with van der Waals surface area (Å²) in [5.41, 5.74) is 6.35. The lowest BCUT2D eigenvalue weighted by Gasteiger charge is -2.21. The summed E-state index contributed by atoms with van der Waals surface area (Å²) in [4.78, 5) is 23.1. The highest BCUT2D eigenvalue weighted by molar-refractivity contribution is 5.96. The Labute approximate surface area is 148 Å². The molecule has 0 spiro atoms. The Hall–Kier alpha value is -2.52. The lowest BCUT2D eigenvalue weighted by atomic mass is 9.88. The van der Waals surface area contributed by atoms with Crippen LogP contribution >= 0.6 is 0 Å². The van der Waals surface area contributed by atoms with Crippen LogP contribution in [0.1, 0.15) is 58.5 Å². The molecule has 1 saturated heterocycles. The van der Waals surface area contributed by atoms with Gasteiger partial charge in [-0.2, -0.15) is 0 Å². The summed E-state index contributed by atoms with van der Waals surface area (Å²) in [6.07, 6.45) is 2.02. The van der Waals surface area contributed by atoms with Crippen LogP contribution in [0.15, 0.2) is 54.1 Å². The molecule has 1 fully saturated rings. The fourth-order valence-corrected chi connectivity index (χ4v) is 3.30.